The summed E-state index contributed by atoms with van der Waals surface area (Å²) in [6.07, 6.45) is 6.12. The van der Waals surface area contributed by atoms with Crippen LogP contribution in [0.3, 0.4) is 0 Å². The molecule has 1 saturated heterocycles. The minimum absolute atomic E-state index is 0.0754. The molecule has 2 heterocycles. The number of nitrogens with zero attached hydrogens (tertiary/aromatic N) is 3. The lowest BCUT2D eigenvalue weighted by Gasteiger charge is -2.31. The number of hydrogen-bond acceptors (Lipinski definition) is 3. The summed E-state index contributed by atoms with van der Waals surface area (Å²) in [5.41, 5.74) is 4.37. The van der Waals surface area contributed by atoms with E-state index >= 15 is 0 Å². The van der Waals surface area contributed by atoms with Gasteiger partial charge in [0.1, 0.15) is 0 Å². The van der Waals surface area contributed by atoms with Gasteiger partial charge in [-0.3, -0.25) is 14.4 Å². The van der Waals surface area contributed by atoms with Crippen LogP contribution in [0.1, 0.15) is 48.7 Å². The number of aromatic nitrogens is 2. The monoisotopic (exact) mass is 387 g/mol. The Bertz CT molecular complexity index is 944. The molecule has 1 atom stereocenters. The summed E-state index contributed by atoms with van der Waals surface area (Å²) in [5, 5.41) is 4.44. The molecule has 0 aliphatic carbocycles. The highest BCUT2D eigenvalue weighted by molar-refractivity contribution is 5.98. The summed E-state index contributed by atoms with van der Waals surface area (Å²) < 4.78 is 2.00. The molecule has 0 unspecified atom stereocenters. The number of rotatable bonds is 6. The van der Waals surface area contributed by atoms with Crippen molar-refractivity contribution in [2.24, 2.45) is 5.92 Å². The molecule has 4 rings (SSSR count). The van der Waals surface area contributed by atoms with Crippen molar-refractivity contribution in [3.63, 3.8) is 0 Å². The van der Waals surface area contributed by atoms with Gasteiger partial charge in [-0.05, 0) is 44.4 Å². The van der Waals surface area contributed by atoms with Gasteiger partial charge in [-0.15, -0.1) is 0 Å². The lowest BCUT2D eigenvalue weighted by molar-refractivity contribution is 0.0811. The quantitative estimate of drug-likeness (QED) is 0.544. The van der Waals surface area contributed by atoms with Crippen LogP contribution in [0.15, 0.2) is 67.0 Å². The van der Waals surface area contributed by atoms with Crippen LogP contribution >= 0.6 is 0 Å². The highest BCUT2D eigenvalue weighted by Crippen LogP contribution is 2.25. The highest BCUT2D eigenvalue weighted by atomic mass is 16.1. The summed E-state index contributed by atoms with van der Waals surface area (Å²) >= 11 is 0. The molecule has 3 aromatic rings. The fraction of sp³-hybridized carbons (Fsp3) is 0.360. The second-order valence-corrected chi connectivity index (χ2v) is 8.30. The van der Waals surface area contributed by atoms with E-state index < -0.39 is 0 Å². The van der Waals surface area contributed by atoms with E-state index in [9.17, 15) is 4.79 Å². The molecule has 2 aromatic carbocycles. The first-order chi connectivity index (χ1) is 14.1. The molecule has 1 fully saturated rings. The number of piperidine rings is 1. The molecule has 0 saturated carbocycles. The van der Waals surface area contributed by atoms with Gasteiger partial charge < -0.3 is 0 Å². The van der Waals surface area contributed by atoms with E-state index in [-0.39, 0.29) is 11.7 Å². The first-order valence-electron chi connectivity index (χ1n) is 10.6. The van der Waals surface area contributed by atoms with E-state index in [2.05, 4.69) is 54.3 Å². The van der Waals surface area contributed by atoms with Gasteiger partial charge in [0.05, 0.1) is 6.20 Å². The van der Waals surface area contributed by atoms with Crippen LogP contribution in [0, 0.1) is 5.92 Å². The first kappa shape index (κ1) is 19.6. The standard InChI is InChI=1S/C25H29N3O/c1-19(2)28-17-20(15-26-28)16-27-14-6-9-24(18-27)25(29)23-12-10-22(11-13-23)21-7-4-3-5-8-21/h3-5,7-8,10-13,15,17,19,24H,6,9,14,16,18H2,1-2H3/t24-/m0/s1. The maximum atomic E-state index is 13.1. The Balaban J connectivity index is 1.40. The number of ketones is 1. The average molecular weight is 388 g/mol. The van der Waals surface area contributed by atoms with Crippen LogP contribution in [-0.2, 0) is 6.54 Å². The van der Waals surface area contributed by atoms with E-state index in [0.717, 1.165) is 43.6 Å². The maximum absolute atomic E-state index is 13.1. The fourth-order valence-corrected chi connectivity index (χ4v) is 4.11. The van der Waals surface area contributed by atoms with Crippen molar-refractivity contribution in [3.05, 3.63) is 78.1 Å². The lowest BCUT2D eigenvalue weighted by Crippen LogP contribution is -2.38. The minimum Gasteiger partial charge on any atom is -0.298 e. The Kier molecular flexibility index (Phi) is 5.91. The Labute approximate surface area is 173 Å². The molecule has 0 radical (unpaired) electrons. The van der Waals surface area contributed by atoms with Gasteiger partial charge in [-0.25, -0.2) is 0 Å². The molecule has 4 heteroatoms. The van der Waals surface area contributed by atoms with Crippen molar-refractivity contribution < 1.29 is 4.79 Å². The fourth-order valence-electron chi connectivity index (χ4n) is 4.11. The third-order valence-electron chi connectivity index (χ3n) is 5.74. The molecule has 150 valence electrons. The van der Waals surface area contributed by atoms with Crippen molar-refractivity contribution in [2.75, 3.05) is 13.1 Å². The van der Waals surface area contributed by atoms with E-state index in [4.69, 9.17) is 0 Å². The van der Waals surface area contributed by atoms with Crippen molar-refractivity contribution in [1.82, 2.24) is 14.7 Å². The van der Waals surface area contributed by atoms with Crippen LogP contribution in [-0.4, -0.2) is 33.6 Å². The van der Waals surface area contributed by atoms with Crippen LogP contribution in [0.2, 0.25) is 0 Å². The molecular formula is C25H29N3O. The zero-order chi connectivity index (χ0) is 20.2. The van der Waals surface area contributed by atoms with Gasteiger partial charge in [0.15, 0.2) is 5.78 Å². The van der Waals surface area contributed by atoms with Crippen LogP contribution in [0.25, 0.3) is 11.1 Å². The molecule has 0 N–H and O–H groups in total. The first-order valence-corrected chi connectivity index (χ1v) is 10.6. The maximum Gasteiger partial charge on any atom is 0.167 e. The van der Waals surface area contributed by atoms with E-state index in [0.29, 0.717) is 6.04 Å². The molecule has 0 amide bonds. The molecule has 0 bridgehead atoms. The molecule has 4 nitrogen and oxygen atoms in total. The predicted octanol–water partition coefficient (Wildman–Crippen LogP) is 5.23. The Hall–Kier alpha value is -2.72. The largest absolute Gasteiger partial charge is 0.298 e. The van der Waals surface area contributed by atoms with Crippen molar-refractivity contribution in [1.29, 1.82) is 0 Å². The van der Waals surface area contributed by atoms with Crippen molar-refractivity contribution in [2.45, 2.75) is 39.3 Å². The topological polar surface area (TPSA) is 38.1 Å². The summed E-state index contributed by atoms with van der Waals surface area (Å²) in [6.45, 7) is 7.00. The zero-order valence-corrected chi connectivity index (χ0v) is 17.3. The van der Waals surface area contributed by atoms with Gasteiger partial charge >= 0.3 is 0 Å². The van der Waals surface area contributed by atoms with E-state index in [1.54, 1.807) is 0 Å². The van der Waals surface area contributed by atoms with Crippen LogP contribution in [0.5, 0.6) is 0 Å². The smallest absolute Gasteiger partial charge is 0.167 e. The second-order valence-electron chi connectivity index (χ2n) is 8.30. The number of Topliss-reactive ketones (excluding diaryl/α,β-unsaturated/α-hetero) is 1. The number of carbonyl (C=O) groups excluding carboxylic acids is 1. The summed E-state index contributed by atoms with van der Waals surface area (Å²) in [6, 6.07) is 18.7. The van der Waals surface area contributed by atoms with Gasteiger partial charge in [0, 0.05) is 42.4 Å². The number of likely N-dealkylation sites (tertiary alicyclic amines) is 1. The molecule has 29 heavy (non-hydrogen) atoms. The Morgan fingerprint density at radius 1 is 1.07 bits per heavy atom. The molecule has 1 aromatic heterocycles. The van der Waals surface area contributed by atoms with Gasteiger partial charge in [0.2, 0.25) is 0 Å². The third kappa shape index (κ3) is 4.65. The number of carbonyl (C=O) groups is 1. The van der Waals surface area contributed by atoms with Gasteiger partial charge in [0.25, 0.3) is 0 Å². The third-order valence-corrected chi connectivity index (χ3v) is 5.74. The summed E-state index contributed by atoms with van der Waals surface area (Å²) in [4.78, 5) is 15.5. The second kappa shape index (κ2) is 8.75. The number of hydrogen-bond donors (Lipinski definition) is 0. The van der Waals surface area contributed by atoms with Crippen molar-refractivity contribution >= 4 is 5.78 Å². The van der Waals surface area contributed by atoms with E-state index in [1.165, 1.54) is 11.1 Å². The Morgan fingerprint density at radius 2 is 1.79 bits per heavy atom. The number of benzene rings is 2. The average Bonchev–Trinajstić information content (AvgIpc) is 3.23. The van der Waals surface area contributed by atoms with Crippen molar-refractivity contribution in [3.8, 4) is 11.1 Å². The van der Waals surface area contributed by atoms with Gasteiger partial charge in [-0.1, -0.05) is 54.6 Å². The molecule has 1 aliphatic heterocycles. The SMILES string of the molecule is CC(C)n1cc(CN2CCC[C@H](C(=O)c3ccc(-c4ccccc4)cc3)C2)cn1. The summed E-state index contributed by atoms with van der Waals surface area (Å²) in [7, 11) is 0. The highest BCUT2D eigenvalue weighted by Gasteiger charge is 2.26. The summed E-state index contributed by atoms with van der Waals surface area (Å²) in [5.74, 6) is 0.346. The normalized spacial score (nSPS) is 17.6. The molecule has 0 spiro atoms. The van der Waals surface area contributed by atoms with E-state index in [1.807, 2.05) is 41.2 Å². The minimum atomic E-state index is 0.0754. The van der Waals surface area contributed by atoms with Crippen LogP contribution in [0.4, 0.5) is 0 Å². The molecular weight excluding hydrogens is 358 g/mol. The lowest BCUT2D eigenvalue weighted by atomic mass is 9.89. The Morgan fingerprint density at radius 3 is 2.48 bits per heavy atom. The molecule has 1 aliphatic rings. The zero-order valence-electron chi connectivity index (χ0n) is 17.3. The van der Waals surface area contributed by atoms with Gasteiger partial charge in [-0.2, -0.15) is 5.10 Å². The van der Waals surface area contributed by atoms with Crippen LogP contribution < -0.4 is 0 Å². The predicted molar refractivity (Wildman–Crippen MR) is 117 cm³/mol.